The van der Waals surface area contributed by atoms with Crippen LogP contribution >= 0.6 is 0 Å². The Morgan fingerprint density at radius 2 is 2.00 bits per heavy atom. The number of benzene rings is 1. The van der Waals surface area contributed by atoms with Gasteiger partial charge in [0.25, 0.3) is 0 Å². The predicted molar refractivity (Wildman–Crippen MR) is 75.6 cm³/mol. The van der Waals surface area contributed by atoms with E-state index in [1.54, 1.807) is 0 Å². The molecule has 0 amide bonds. The van der Waals surface area contributed by atoms with Crippen LogP contribution in [0.5, 0.6) is 11.5 Å². The Morgan fingerprint density at radius 1 is 1.16 bits per heavy atom. The van der Waals surface area contributed by atoms with Crippen LogP contribution < -0.4 is 14.8 Å². The fraction of sp³-hybridized carbons (Fsp3) is 0.625. The van der Waals surface area contributed by atoms with Gasteiger partial charge in [0, 0.05) is 18.2 Å². The summed E-state index contributed by atoms with van der Waals surface area (Å²) in [6, 6.07) is 6.79. The molecule has 3 heteroatoms. The van der Waals surface area contributed by atoms with Crippen LogP contribution in [0.15, 0.2) is 18.2 Å². The van der Waals surface area contributed by atoms with Gasteiger partial charge in [-0.05, 0) is 30.7 Å². The molecule has 3 unspecified atom stereocenters. The first-order valence-electron chi connectivity index (χ1n) is 7.36. The molecule has 0 aromatic heterocycles. The van der Waals surface area contributed by atoms with Gasteiger partial charge in [0.1, 0.15) is 13.2 Å². The van der Waals surface area contributed by atoms with Crippen molar-refractivity contribution in [2.24, 2.45) is 11.8 Å². The maximum absolute atomic E-state index is 5.75. The minimum atomic E-state index is 0.635. The molecule has 2 aliphatic rings. The SMILES string of the molecule is CC1CCC(NCc2cccc3c2OCCO3)C1C. The van der Waals surface area contributed by atoms with Gasteiger partial charge in [0.2, 0.25) is 0 Å². The topological polar surface area (TPSA) is 30.5 Å². The number of nitrogens with one attached hydrogen (secondary N) is 1. The molecule has 3 atom stereocenters. The third-order valence-corrected chi connectivity index (χ3v) is 4.67. The molecule has 104 valence electrons. The summed E-state index contributed by atoms with van der Waals surface area (Å²) in [7, 11) is 0. The van der Waals surface area contributed by atoms with Gasteiger partial charge in [0.05, 0.1) is 0 Å². The minimum absolute atomic E-state index is 0.635. The summed E-state index contributed by atoms with van der Waals surface area (Å²) in [5, 5.41) is 3.69. The molecule has 0 spiro atoms. The molecule has 0 saturated heterocycles. The Hall–Kier alpha value is -1.22. The Labute approximate surface area is 115 Å². The van der Waals surface area contributed by atoms with Gasteiger partial charge >= 0.3 is 0 Å². The maximum atomic E-state index is 5.75. The third-order valence-electron chi connectivity index (χ3n) is 4.67. The summed E-state index contributed by atoms with van der Waals surface area (Å²) in [6.07, 6.45) is 2.63. The largest absolute Gasteiger partial charge is 0.486 e. The highest BCUT2D eigenvalue weighted by molar-refractivity contribution is 5.47. The molecule has 3 nitrogen and oxygen atoms in total. The van der Waals surface area contributed by atoms with Crippen LogP contribution in [0.3, 0.4) is 0 Å². The van der Waals surface area contributed by atoms with Crippen molar-refractivity contribution in [2.45, 2.75) is 39.3 Å². The van der Waals surface area contributed by atoms with Gasteiger partial charge < -0.3 is 14.8 Å². The van der Waals surface area contributed by atoms with Crippen molar-refractivity contribution in [1.82, 2.24) is 5.32 Å². The van der Waals surface area contributed by atoms with Crippen molar-refractivity contribution < 1.29 is 9.47 Å². The summed E-state index contributed by atoms with van der Waals surface area (Å²) in [6.45, 7) is 6.89. The molecule has 1 aliphatic heterocycles. The number of fused-ring (bicyclic) bond motifs is 1. The van der Waals surface area contributed by atoms with E-state index in [1.165, 1.54) is 18.4 Å². The Bertz CT molecular complexity index is 446. The molecule has 1 aromatic carbocycles. The van der Waals surface area contributed by atoms with Gasteiger partial charge in [-0.1, -0.05) is 26.0 Å². The maximum Gasteiger partial charge on any atom is 0.165 e. The molecule has 0 radical (unpaired) electrons. The molecular formula is C16H23NO2. The van der Waals surface area contributed by atoms with Crippen LogP contribution in [0.2, 0.25) is 0 Å². The first-order valence-corrected chi connectivity index (χ1v) is 7.36. The standard InChI is InChI=1S/C16H23NO2/c1-11-6-7-14(12(11)2)17-10-13-4-3-5-15-16(13)19-9-8-18-15/h3-5,11-12,14,17H,6-10H2,1-2H3. The van der Waals surface area contributed by atoms with Crippen molar-refractivity contribution in [3.05, 3.63) is 23.8 Å². The Balaban J connectivity index is 1.67. The average molecular weight is 261 g/mol. The molecule has 1 fully saturated rings. The van der Waals surface area contributed by atoms with Crippen LogP contribution in [0.4, 0.5) is 0 Å². The molecule has 1 heterocycles. The summed E-state index contributed by atoms with van der Waals surface area (Å²) >= 11 is 0. The fourth-order valence-corrected chi connectivity index (χ4v) is 3.17. The van der Waals surface area contributed by atoms with E-state index < -0.39 is 0 Å². The molecule has 1 aromatic rings. The first-order chi connectivity index (χ1) is 9.25. The monoisotopic (exact) mass is 261 g/mol. The van der Waals surface area contributed by atoms with Crippen LogP contribution in [-0.4, -0.2) is 19.3 Å². The zero-order valence-electron chi connectivity index (χ0n) is 11.8. The molecule has 0 bridgehead atoms. The van der Waals surface area contributed by atoms with Crippen molar-refractivity contribution >= 4 is 0 Å². The lowest BCUT2D eigenvalue weighted by molar-refractivity contribution is 0.169. The number of rotatable bonds is 3. The van der Waals surface area contributed by atoms with E-state index >= 15 is 0 Å². The molecule has 1 aliphatic carbocycles. The third kappa shape index (κ3) is 2.57. The molecule has 3 rings (SSSR count). The van der Waals surface area contributed by atoms with Crippen LogP contribution in [0.25, 0.3) is 0 Å². The lowest BCUT2D eigenvalue weighted by Gasteiger charge is -2.23. The Morgan fingerprint density at radius 3 is 2.79 bits per heavy atom. The number of hydrogen-bond acceptors (Lipinski definition) is 3. The first kappa shape index (κ1) is 12.8. The van der Waals surface area contributed by atoms with Crippen molar-refractivity contribution in [3.8, 4) is 11.5 Å². The van der Waals surface area contributed by atoms with E-state index in [2.05, 4.69) is 25.2 Å². The van der Waals surface area contributed by atoms with Gasteiger partial charge in [-0.2, -0.15) is 0 Å². The summed E-state index contributed by atoms with van der Waals surface area (Å²) < 4.78 is 11.4. The summed E-state index contributed by atoms with van der Waals surface area (Å²) in [4.78, 5) is 0. The average Bonchev–Trinajstić information content (AvgIpc) is 2.76. The van der Waals surface area contributed by atoms with Crippen LogP contribution in [-0.2, 0) is 6.54 Å². The van der Waals surface area contributed by atoms with Crippen LogP contribution in [0, 0.1) is 11.8 Å². The van der Waals surface area contributed by atoms with Crippen molar-refractivity contribution in [3.63, 3.8) is 0 Å². The predicted octanol–water partition coefficient (Wildman–Crippen LogP) is 2.98. The van der Waals surface area contributed by atoms with E-state index in [1.807, 2.05) is 12.1 Å². The van der Waals surface area contributed by atoms with E-state index in [4.69, 9.17) is 9.47 Å². The normalized spacial score (nSPS) is 29.5. The molecule has 19 heavy (non-hydrogen) atoms. The lowest BCUT2D eigenvalue weighted by Crippen LogP contribution is -2.32. The van der Waals surface area contributed by atoms with Gasteiger partial charge in [-0.15, -0.1) is 0 Å². The Kier molecular flexibility index (Phi) is 3.65. The van der Waals surface area contributed by atoms with Gasteiger partial charge in [0.15, 0.2) is 11.5 Å². The minimum Gasteiger partial charge on any atom is -0.486 e. The van der Waals surface area contributed by atoms with Crippen molar-refractivity contribution in [1.29, 1.82) is 0 Å². The summed E-state index contributed by atoms with van der Waals surface area (Å²) in [5.74, 6) is 3.41. The zero-order valence-corrected chi connectivity index (χ0v) is 11.8. The number of ether oxygens (including phenoxy) is 2. The highest BCUT2D eigenvalue weighted by Crippen LogP contribution is 2.35. The smallest absolute Gasteiger partial charge is 0.165 e. The highest BCUT2D eigenvalue weighted by atomic mass is 16.6. The van der Waals surface area contributed by atoms with E-state index in [9.17, 15) is 0 Å². The van der Waals surface area contributed by atoms with Crippen LogP contribution in [0.1, 0.15) is 32.3 Å². The second-order valence-electron chi connectivity index (χ2n) is 5.84. The van der Waals surface area contributed by atoms with E-state index in [0.29, 0.717) is 19.3 Å². The van der Waals surface area contributed by atoms with Crippen molar-refractivity contribution in [2.75, 3.05) is 13.2 Å². The lowest BCUT2D eigenvalue weighted by atomic mass is 9.97. The second-order valence-corrected chi connectivity index (χ2v) is 5.84. The number of hydrogen-bond donors (Lipinski definition) is 1. The quantitative estimate of drug-likeness (QED) is 0.907. The van der Waals surface area contributed by atoms with Gasteiger partial charge in [-0.25, -0.2) is 0 Å². The molecular weight excluding hydrogens is 238 g/mol. The van der Waals surface area contributed by atoms with Gasteiger partial charge in [-0.3, -0.25) is 0 Å². The van der Waals surface area contributed by atoms with E-state index in [0.717, 1.165) is 29.9 Å². The van der Waals surface area contributed by atoms with E-state index in [-0.39, 0.29) is 0 Å². The molecule has 1 N–H and O–H groups in total. The second kappa shape index (κ2) is 5.41. The zero-order chi connectivity index (χ0) is 13.2. The molecule has 1 saturated carbocycles. The fourth-order valence-electron chi connectivity index (χ4n) is 3.17. The number of para-hydroxylation sites is 1. The summed E-state index contributed by atoms with van der Waals surface area (Å²) in [5.41, 5.74) is 1.21. The highest BCUT2D eigenvalue weighted by Gasteiger charge is 2.29.